The third-order valence-corrected chi connectivity index (χ3v) is 6.50. The average Bonchev–Trinajstić information content (AvgIpc) is 3.59. The van der Waals surface area contributed by atoms with Gasteiger partial charge in [0, 0.05) is 18.2 Å². The summed E-state index contributed by atoms with van der Waals surface area (Å²) in [5.74, 6) is -1.14. The number of rotatable bonds is 11. The SMILES string of the molecule is CCCN(CCc1ccccc1)C(C)CCC(C#N)(c1c(F)cccc1F)C1CC1. The van der Waals surface area contributed by atoms with Crippen LogP contribution in [0.4, 0.5) is 8.78 Å². The zero-order chi connectivity index (χ0) is 21.6. The third-order valence-electron chi connectivity index (χ3n) is 6.50. The first-order valence-corrected chi connectivity index (χ1v) is 11.2. The maximum absolute atomic E-state index is 14.6. The monoisotopic (exact) mass is 410 g/mol. The second-order valence-electron chi connectivity index (χ2n) is 8.61. The Bertz CT molecular complexity index is 837. The van der Waals surface area contributed by atoms with E-state index >= 15 is 0 Å². The van der Waals surface area contributed by atoms with Crippen LogP contribution in [-0.4, -0.2) is 24.0 Å². The van der Waals surface area contributed by atoms with E-state index in [4.69, 9.17) is 0 Å². The normalized spacial score (nSPS) is 16.8. The Labute approximate surface area is 179 Å². The number of hydrogen-bond acceptors (Lipinski definition) is 2. The quantitative estimate of drug-likeness (QED) is 0.437. The Balaban J connectivity index is 1.73. The standard InChI is InChI=1S/C26H32F2N2/c1-3-17-30(18-15-21-8-5-4-6-9-21)20(2)14-16-26(19-29,22-12-13-22)25-23(27)10-7-11-24(25)28/h4-11,20,22H,3,12-18H2,1-2H3. The minimum Gasteiger partial charge on any atom is -0.300 e. The van der Waals surface area contributed by atoms with Gasteiger partial charge in [-0.15, -0.1) is 0 Å². The molecule has 0 spiro atoms. The Morgan fingerprint density at radius 1 is 1.07 bits per heavy atom. The van der Waals surface area contributed by atoms with Gasteiger partial charge in [0.05, 0.1) is 11.5 Å². The Kier molecular flexibility index (Phi) is 7.61. The molecule has 0 bridgehead atoms. The Hall–Kier alpha value is -2.25. The van der Waals surface area contributed by atoms with Gasteiger partial charge in [0.15, 0.2) is 0 Å². The van der Waals surface area contributed by atoms with Crippen LogP contribution in [0.5, 0.6) is 0 Å². The molecule has 2 aromatic carbocycles. The Morgan fingerprint density at radius 3 is 2.30 bits per heavy atom. The molecule has 30 heavy (non-hydrogen) atoms. The van der Waals surface area contributed by atoms with Gasteiger partial charge in [-0.3, -0.25) is 0 Å². The molecule has 1 saturated carbocycles. The summed E-state index contributed by atoms with van der Waals surface area (Å²) in [4.78, 5) is 2.44. The van der Waals surface area contributed by atoms with Crippen LogP contribution in [0.25, 0.3) is 0 Å². The smallest absolute Gasteiger partial charge is 0.130 e. The van der Waals surface area contributed by atoms with Gasteiger partial charge in [0.2, 0.25) is 0 Å². The summed E-state index contributed by atoms with van der Waals surface area (Å²) in [6.45, 7) is 6.26. The molecule has 1 fully saturated rings. The second-order valence-corrected chi connectivity index (χ2v) is 8.61. The maximum Gasteiger partial charge on any atom is 0.130 e. The van der Waals surface area contributed by atoms with Crippen LogP contribution in [0.2, 0.25) is 0 Å². The fourth-order valence-electron chi connectivity index (χ4n) is 4.61. The highest BCUT2D eigenvalue weighted by Crippen LogP contribution is 2.51. The number of nitrogens with zero attached hydrogens (tertiary/aromatic N) is 2. The maximum atomic E-state index is 14.6. The van der Waals surface area contributed by atoms with Gasteiger partial charge in [-0.25, -0.2) is 8.78 Å². The molecule has 1 aliphatic rings. The van der Waals surface area contributed by atoms with Crippen LogP contribution < -0.4 is 0 Å². The van der Waals surface area contributed by atoms with E-state index in [1.807, 2.05) is 6.07 Å². The van der Waals surface area contributed by atoms with Crippen molar-refractivity contribution in [2.75, 3.05) is 13.1 Å². The van der Waals surface area contributed by atoms with Crippen LogP contribution in [-0.2, 0) is 11.8 Å². The molecule has 0 heterocycles. The molecular weight excluding hydrogens is 378 g/mol. The summed E-state index contributed by atoms with van der Waals surface area (Å²) in [5.41, 5.74) is 0.221. The fourth-order valence-corrected chi connectivity index (χ4v) is 4.61. The van der Waals surface area contributed by atoms with E-state index in [1.54, 1.807) is 0 Å². The van der Waals surface area contributed by atoms with Gasteiger partial charge in [-0.1, -0.05) is 43.3 Å². The van der Waals surface area contributed by atoms with Gasteiger partial charge in [0.25, 0.3) is 0 Å². The van der Waals surface area contributed by atoms with Gasteiger partial charge >= 0.3 is 0 Å². The molecule has 0 saturated heterocycles. The fraction of sp³-hybridized carbons (Fsp3) is 0.500. The highest BCUT2D eigenvalue weighted by atomic mass is 19.1. The van der Waals surface area contributed by atoms with E-state index in [0.29, 0.717) is 6.42 Å². The van der Waals surface area contributed by atoms with Gasteiger partial charge in [-0.05, 0) is 75.6 Å². The molecule has 1 aliphatic carbocycles. The summed E-state index contributed by atoms with van der Waals surface area (Å²) in [6.07, 6.45) is 4.97. The lowest BCUT2D eigenvalue weighted by Crippen LogP contribution is -2.38. The minimum atomic E-state index is -1.07. The lowest BCUT2D eigenvalue weighted by Gasteiger charge is -2.33. The lowest BCUT2D eigenvalue weighted by atomic mass is 9.72. The number of nitriles is 1. The summed E-state index contributed by atoms with van der Waals surface area (Å²) in [6, 6.07) is 17.0. The van der Waals surface area contributed by atoms with Crippen molar-refractivity contribution in [1.29, 1.82) is 5.26 Å². The molecule has 0 N–H and O–H groups in total. The van der Waals surface area contributed by atoms with Crippen molar-refractivity contribution in [3.8, 4) is 6.07 Å². The summed E-state index contributed by atoms with van der Waals surface area (Å²) >= 11 is 0. The first kappa shape index (κ1) is 22.4. The predicted octanol–water partition coefficient (Wildman–Crippen LogP) is 6.26. The van der Waals surface area contributed by atoms with Gasteiger partial charge in [-0.2, -0.15) is 5.26 Å². The molecule has 2 unspecified atom stereocenters. The molecule has 0 aliphatic heterocycles. The van der Waals surface area contributed by atoms with E-state index in [9.17, 15) is 14.0 Å². The number of halogens is 2. The van der Waals surface area contributed by atoms with E-state index in [-0.39, 0.29) is 17.5 Å². The molecular formula is C26H32F2N2. The molecule has 4 heteroatoms. The summed E-state index contributed by atoms with van der Waals surface area (Å²) in [7, 11) is 0. The average molecular weight is 411 g/mol. The second kappa shape index (κ2) is 10.2. The highest BCUT2D eigenvalue weighted by molar-refractivity contribution is 5.38. The number of benzene rings is 2. The van der Waals surface area contributed by atoms with Crippen molar-refractivity contribution in [3.63, 3.8) is 0 Å². The highest BCUT2D eigenvalue weighted by Gasteiger charge is 2.49. The van der Waals surface area contributed by atoms with Crippen LogP contribution in [0.1, 0.15) is 57.1 Å². The van der Waals surface area contributed by atoms with Gasteiger partial charge in [0.1, 0.15) is 11.6 Å². The van der Waals surface area contributed by atoms with Crippen molar-refractivity contribution in [3.05, 3.63) is 71.3 Å². The van der Waals surface area contributed by atoms with Crippen molar-refractivity contribution in [2.45, 2.75) is 63.8 Å². The first-order chi connectivity index (χ1) is 14.5. The van der Waals surface area contributed by atoms with Crippen LogP contribution >= 0.6 is 0 Å². The molecule has 0 aromatic heterocycles. The van der Waals surface area contributed by atoms with E-state index < -0.39 is 17.0 Å². The number of hydrogen-bond donors (Lipinski definition) is 0. The molecule has 3 rings (SSSR count). The molecule has 2 atom stereocenters. The van der Waals surface area contributed by atoms with Crippen molar-refractivity contribution in [2.24, 2.45) is 5.92 Å². The zero-order valence-corrected chi connectivity index (χ0v) is 18.1. The summed E-state index contributed by atoms with van der Waals surface area (Å²) in [5, 5.41) is 10.1. The first-order valence-electron chi connectivity index (χ1n) is 11.2. The zero-order valence-electron chi connectivity index (χ0n) is 18.1. The van der Waals surface area contributed by atoms with Crippen molar-refractivity contribution in [1.82, 2.24) is 4.90 Å². The van der Waals surface area contributed by atoms with Crippen LogP contribution in [0.15, 0.2) is 48.5 Å². The lowest BCUT2D eigenvalue weighted by molar-refractivity contribution is 0.189. The third kappa shape index (κ3) is 5.08. The minimum absolute atomic E-state index is 0.0199. The van der Waals surface area contributed by atoms with Crippen LogP contribution in [0.3, 0.4) is 0 Å². The topological polar surface area (TPSA) is 27.0 Å². The molecule has 2 aromatic rings. The molecule has 0 amide bonds. The van der Waals surface area contributed by atoms with Gasteiger partial charge < -0.3 is 4.90 Å². The largest absolute Gasteiger partial charge is 0.300 e. The molecule has 0 radical (unpaired) electrons. The van der Waals surface area contributed by atoms with E-state index in [0.717, 1.165) is 45.2 Å². The van der Waals surface area contributed by atoms with Crippen LogP contribution in [0, 0.1) is 28.9 Å². The van der Waals surface area contributed by atoms with E-state index in [1.165, 1.54) is 23.8 Å². The Morgan fingerprint density at radius 2 is 1.73 bits per heavy atom. The van der Waals surface area contributed by atoms with Crippen molar-refractivity contribution >= 4 is 0 Å². The summed E-state index contributed by atoms with van der Waals surface area (Å²) < 4.78 is 29.3. The molecule has 160 valence electrons. The molecule has 2 nitrogen and oxygen atoms in total. The van der Waals surface area contributed by atoms with E-state index in [2.05, 4.69) is 49.1 Å². The van der Waals surface area contributed by atoms with Crippen molar-refractivity contribution < 1.29 is 8.78 Å². The predicted molar refractivity (Wildman–Crippen MR) is 117 cm³/mol.